The molecule has 0 bridgehead atoms. The van der Waals surface area contributed by atoms with Crippen molar-refractivity contribution in [3.8, 4) is 0 Å². The molecule has 1 radical (unpaired) electrons. The molecule has 0 amide bonds. The molecule has 0 saturated carbocycles. The predicted octanol–water partition coefficient (Wildman–Crippen LogP) is 1.26. The molecule has 1 heteroatoms. The summed E-state index contributed by atoms with van der Waals surface area (Å²) in [5.74, 6) is 0. The van der Waals surface area contributed by atoms with Crippen LogP contribution in [0.25, 0.3) is 0 Å². The van der Waals surface area contributed by atoms with Crippen molar-refractivity contribution in [3.05, 3.63) is 66.1 Å². The minimum absolute atomic E-state index is 0.488. The second-order valence-corrected chi connectivity index (χ2v) is 5.60. The molecule has 0 atom stereocenters. The summed E-state index contributed by atoms with van der Waals surface area (Å²) in [4.78, 5) is 0. The molecule has 1 aliphatic heterocycles. The predicted molar refractivity (Wildman–Crippen MR) is 60.4 cm³/mol. The zero-order chi connectivity index (χ0) is 9.38. The van der Waals surface area contributed by atoms with E-state index in [0.717, 1.165) is 0 Å². The molecule has 0 saturated heterocycles. The summed E-state index contributed by atoms with van der Waals surface area (Å²) in [7, 11) is 0. The molecule has 0 spiro atoms. The van der Waals surface area contributed by atoms with E-state index in [1.807, 2.05) is 0 Å². The molecule has 14 heavy (non-hydrogen) atoms. The van der Waals surface area contributed by atoms with Gasteiger partial charge in [-0.1, -0.05) is 0 Å². The van der Waals surface area contributed by atoms with Crippen molar-refractivity contribution in [1.29, 1.82) is 0 Å². The van der Waals surface area contributed by atoms with Crippen LogP contribution in [0.4, 0.5) is 0 Å². The van der Waals surface area contributed by atoms with Gasteiger partial charge >= 0.3 is 90.0 Å². The van der Waals surface area contributed by atoms with Gasteiger partial charge in [-0.25, -0.2) is 0 Å². The Balaban J connectivity index is 2.12. The summed E-state index contributed by atoms with van der Waals surface area (Å²) in [6, 6.07) is 17.4. The van der Waals surface area contributed by atoms with Crippen LogP contribution < -0.4 is 8.92 Å². The molecule has 0 fully saturated rings. The molecule has 0 aliphatic carbocycles. The van der Waals surface area contributed by atoms with Crippen LogP contribution in [0.1, 0.15) is 11.1 Å². The monoisotopic (exact) mass is 245 g/mol. The van der Waals surface area contributed by atoms with Crippen LogP contribution in [0.3, 0.4) is 0 Å². The van der Waals surface area contributed by atoms with Crippen molar-refractivity contribution in [2.45, 2.75) is 0 Å². The van der Waals surface area contributed by atoms with Gasteiger partial charge in [-0.15, -0.1) is 0 Å². The van der Waals surface area contributed by atoms with Gasteiger partial charge in [0.25, 0.3) is 0 Å². The third-order valence-corrected chi connectivity index (χ3v) is 4.85. The molecule has 1 heterocycles. The fourth-order valence-electron chi connectivity index (χ4n) is 1.67. The maximum atomic E-state index is 2.29. The van der Waals surface area contributed by atoms with Crippen molar-refractivity contribution >= 4 is 23.9 Å². The van der Waals surface area contributed by atoms with Gasteiger partial charge < -0.3 is 0 Å². The Kier molecular flexibility index (Phi) is 1.93. The summed E-state index contributed by atoms with van der Waals surface area (Å²) < 4.78 is 3.00. The summed E-state index contributed by atoms with van der Waals surface area (Å²) in [6.07, 6.45) is 2.29. The van der Waals surface area contributed by atoms with Crippen molar-refractivity contribution < 1.29 is 0 Å². The van der Waals surface area contributed by atoms with Gasteiger partial charge in [0.15, 0.2) is 0 Å². The SMILES string of the molecule is [CH]1c2ccccc2[Se]c2ccccc21. The quantitative estimate of drug-likeness (QED) is 0.522. The molecular weight excluding hydrogens is 235 g/mol. The van der Waals surface area contributed by atoms with E-state index >= 15 is 0 Å². The van der Waals surface area contributed by atoms with Crippen molar-refractivity contribution in [2.75, 3.05) is 0 Å². The molecule has 0 aromatic heterocycles. The minimum atomic E-state index is 0.488. The average molecular weight is 244 g/mol. The summed E-state index contributed by atoms with van der Waals surface area (Å²) >= 11 is 0.488. The van der Waals surface area contributed by atoms with Crippen LogP contribution in [0.2, 0.25) is 0 Å². The second kappa shape index (κ2) is 3.27. The number of fused-ring (bicyclic) bond motifs is 2. The number of hydrogen-bond donors (Lipinski definition) is 0. The molecule has 0 unspecified atom stereocenters. The summed E-state index contributed by atoms with van der Waals surface area (Å²) in [5, 5.41) is 0. The van der Waals surface area contributed by atoms with Crippen molar-refractivity contribution in [3.63, 3.8) is 0 Å². The Labute approximate surface area is 90.1 Å². The number of benzene rings is 2. The number of rotatable bonds is 0. The van der Waals surface area contributed by atoms with E-state index in [9.17, 15) is 0 Å². The first-order valence-corrected chi connectivity index (χ1v) is 6.35. The Bertz CT molecular complexity index is 387. The Hall–Kier alpha value is -1.04. The first kappa shape index (κ1) is 8.28. The Morgan fingerprint density at radius 2 is 1.14 bits per heavy atom. The zero-order valence-electron chi connectivity index (χ0n) is 7.60. The molecule has 3 rings (SSSR count). The Morgan fingerprint density at radius 1 is 0.643 bits per heavy atom. The van der Waals surface area contributed by atoms with Crippen molar-refractivity contribution in [1.82, 2.24) is 0 Å². The van der Waals surface area contributed by atoms with Crippen LogP contribution in [0.5, 0.6) is 0 Å². The van der Waals surface area contributed by atoms with E-state index in [2.05, 4.69) is 55.0 Å². The van der Waals surface area contributed by atoms with Gasteiger partial charge in [0.1, 0.15) is 0 Å². The summed E-state index contributed by atoms with van der Waals surface area (Å²) in [6.45, 7) is 0. The van der Waals surface area contributed by atoms with Gasteiger partial charge in [0, 0.05) is 0 Å². The molecule has 0 N–H and O–H groups in total. The fourth-order valence-corrected chi connectivity index (χ4v) is 3.81. The third-order valence-electron chi connectivity index (χ3n) is 2.37. The molecule has 67 valence electrons. The molecular formula is C13H9Se. The molecule has 1 aliphatic rings. The van der Waals surface area contributed by atoms with Crippen LogP contribution in [0.15, 0.2) is 48.5 Å². The van der Waals surface area contributed by atoms with Crippen LogP contribution >= 0.6 is 0 Å². The van der Waals surface area contributed by atoms with Crippen LogP contribution in [-0.2, 0) is 0 Å². The van der Waals surface area contributed by atoms with E-state index in [1.165, 1.54) is 20.1 Å². The zero-order valence-corrected chi connectivity index (χ0v) is 9.32. The first-order chi connectivity index (χ1) is 6.93. The van der Waals surface area contributed by atoms with Crippen LogP contribution in [-0.4, -0.2) is 15.0 Å². The molecule has 2 aromatic rings. The molecule has 0 nitrogen and oxygen atoms in total. The van der Waals surface area contributed by atoms with Gasteiger partial charge in [0.05, 0.1) is 0 Å². The van der Waals surface area contributed by atoms with Gasteiger partial charge in [-0.3, -0.25) is 0 Å². The second-order valence-electron chi connectivity index (χ2n) is 3.32. The Morgan fingerprint density at radius 3 is 1.71 bits per heavy atom. The first-order valence-electron chi connectivity index (χ1n) is 4.64. The fraction of sp³-hybridized carbons (Fsp3) is 0. The summed E-state index contributed by atoms with van der Waals surface area (Å²) in [5.41, 5.74) is 2.79. The van der Waals surface area contributed by atoms with Gasteiger partial charge in [-0.2, -0.15) is 0 Å². The van der Waals surface area contributed by atoms with Crippen LogP contribution in [0, 0.1) is 6.42 Å². The van der Waals surface area contributed by atoms with E-state index in [0.29, 0.717) is 15.0 Å². The van der Waals surface area contributed by atoms with E-state index in [1.54, 1.807) is 0 Å². The number of hydrogen-bond acceptors (Lipinski definition) is 0. The topological polar surface area (TPSA) is 0 Å². The maximum absolute atomic E-state index is 2.29. The van der Waals surface area contributed by atoms with Gasteiger partial charge in [0.2, 0.25) is 0 Å². The standard InChI is InChI=1S/C13H9Se/c1-3-7-12-10(5-1)9-11-6-2-4-8-13(11)14-12/h1-9H. The van der Waals surface area contributed by atoms with Crippen molar-refractivity contribution in [2.24, 2.45) is 0 Å². The third kappa shape index (κ3) is 1.30. The van der Waals surface area contributed by atoms with E-state index < -0.39 is 0 Å². The van der Waals surface area contributed by atoms with E-state index in [4.69, 9.17) is 0 Å². The normalized spacial score (nSPS) is 13.1. The molecule has 2 aromatic carbocycles. The van der Waals surface area contributed by atoms with Gasteiger partial charge in [-0.05, 0) is 0 Å². The average Bonchev–Trinajstić information content (AvgIpc) is 2.26. The van der Waals surface area contributed by atoms with E-state index in [-0.39, 0.29) is 0 Å².